The van der Waals surface area contributed by atoms with E-state index in [1.165, 1.54) is 16.7 Å². The molecule has 0 bridgehead atoms. The largest absolute Gasteiger partial charge is 0.389 e. The summed E-state index contributed by atoms with van der Waals surface area (Å²) in [5.41, 5.74) is 9.46. The number of carbonyl (C=O) groups is 1. The van der Waals surface area contributed by atoms with Crippen LogP contribution >= 0.6 is 11.3 Å². The molecule has 0 unspecified atom stereocenters. The van der Waals surface area contributed by atoms with Crippen LogP contribution in [0.15, 0.2) is 47.3 Å². The van der Waals surface area contributed by atoms with Gasteiger partial charge < -0.3 is 14.7 Å². The second kappa shape index (κ2) is 8.54. The molecule has 2 aliphatic rings. The van der Waals surface area contributed by atoms with Crippen LogP contribution in [0.1, 0.15) is 39.0 Å². The molecule has 0 spiro atoms. The molecule has 5 rings (SSSR count). The Balaban J connectivity index is 1.38. The topological polar surface area (TPSA) is 62.7 Å². The van der Waals surface area contributed by atoms with E-state index in [9.17, 15) is 9.90 Å². The number of rotatable bonds is 4. The number of amides is 1. The number of fused-ring (bicyclic) bond motifs is 1. The van der Waals surface area contributed by atoms with E-state index >= 15 is 0 Å². The fourth-order valence-corrected chi connectivity index (χ4v) is 5.23. The van der Waals surface area contributed by atoms with Gasteiger partial charge in [-0.25, -0.2) is 4.98 Å². The van der Waals surface area contributed by atoms with Crippen molar-refractivity contribution in [3.63, 3.8) is 0 Å². The first-order valence-corrected chi connectivity index (χ1v) is 11.7. The van der Waals surface area contributed by atoms with Crippen LogP contribution in [0.4, 0.5) is 0 Å². The van der Waals surface area contributed by atoms with Crippen LogP contribution in [0, 0.1) is 6.92 Å². The van der Waals surface area contributed by atoms with Crippen molar-refractivity contribution in [2.45, 2.75) is 38.3 Å². The summed E-state index contributed by atoms with van der Waals surface area (Å²) in [5.74, 6) is 0.0346. The number of aliphatic hydroxyl groups excluding tert-OH is 1. The maximum atomic E-state index is 13.3. The second-order valence-corrected chi connectivity index (χ2v) is 9.15. The average Bonchev–Trinajstić information content (AvgIpc) is 3.31. The van der Waals surface area contributed by atoms with Crippen LogP contribution in [0.25, 0.3) is 11.3 Å². The SMILES string of the molecule is Cc1cc2c(cc1Cc1ccc(-c3cscn3)cc1)C(=O)N([C@H]1CCOC[C@@H]1O)CC2. The fraction of sp³-hybridized carbons (Fsp3) is 0.360. The van der Waals surface area contributed by atoms with Crippen molar-refractivity contribution in [3.8, 4) is 11.3 Å². The van der Waals surface area contributed by atoms with Gasteiger partial charge in [0.25, 0.3) is 5.91 Å². The van der Waals surface area contributed by atoms with Gasteiger partial charge in [-0.1, -0.05) is 30.3 Å². The van der Waals surface area contributed by atoms with Crippen molar-refractivity contribution in [2.24, 2.45) is 0 Å². The van der Waals surface area contributed by atoms with Gasteiger partial charge in [-0.15, -0.1) is 11.3 Å². The number of thiazole rings is 1. The molecule has 1 saturated heterocycles. The van der Waals surface area contributed by atoms with Crippen molar-refractivity contribution >= 4 is 17.2 Å². The van der Waals surface area contributed by atoms with Gasteiger partial charge in [0, 0.05) is 29.7 Å². The molecular formula is C25H26N2O3S. The second-order valence-electron chi connectivity index (χ2n) is 8.43. The molecule has 1 N–H and O–H groups in total. The Morgan fingerprint density at radius 2 is 2.10 bits per heavy atom. The summed E-state index contributed by atoms with van der Waals surface area (Å²) in [5, 5.41) is 12.4. The molecule has 1 amide bonds. The third-order valence-corrected chi connectivity index (χ3v) is 7.03. The molecule has 1 fully saturated rings. The Hall–Kier alpha value is -2.54. The molecule has 6 heteroatoms. The van der Waals surface area contributed by atoms with Gasteiger partial charge in [-0.3, -0.25) is 4.79 Å². The molecule has 31 heavy (non-hydrogen) atoms. The molecular weight excluding hydrogens is 408 g/mol. The van der Waals surface area contributed by atoms with E-state index < -0.39 is 6.10 Å². The molecule has 0 saturated carbocycles. The van der Waals surface area contributed by atoms with Gasteiger partial charge in [-0.2, -0.15) is 0 Å². The number of aryl methyl sites for hydroxylation is 1. The summed E-state index contributed by atoms with van der Waals surface area (Å²) < 4.78 is 5.35. The number of carbonyl (C=O) groups excluding carboxylic acids is 1. The highest BCUT2D eigenvalue weighted by Crippen LogP contribution is 2.28. The lowest BCUT2D eigenvalue weighted by molar-refractivity contribution is -0.0577. The lowest BCUT2D eigenvalue weighted by Gasteiger charge is -2.40. The first-order chi connectivity index (χ1) is 15.1. The Kier molecular flexibility index (Phi) is 5.61. The predicted octanol–water partition coefficient (Wildman–Crippen LogP) is 3.86. The molecule has 1 aromatic heterocycles. The Morgan fingerprint density at radius 1 is 1.26 bits per heavy atom. The van der Waals surface area contributed by atoms with Crippen LogP contribution in [-0.2, 0) is 17.6 Å². The lowest BCUT2D eigenvalue weighted by atomic mass is 9.89. The summed E-state index contributed by atoms with van der Waals surface area (Å²) in [4.78, 5) is 19.6. The molecule has 3 heterocycles. The Morgan fingerprint density at radius 3 is 2.84 bits per heavy atom. The maximum Gasteiger partial charge on any atom is 0.254 e. The van der Waals surface area contributed by atoms with E-state index in [1.807, 2.05) is 10.4 Å². The van der Waals surface area contributed by atoms with E-state index in [1.54, 1.807) is 11.3 Å². The molecule has 2 aromatic carbocycles. The minimum absolute atomic E-state index is 0.0346. The zero-order valence-electron chi connectivity index (χ0n) is 17.6. The smallest absolute Gasteiger partial charge is 0.254 e. The monoisotopic (exact) mass is 434 g/mol. The van der Waals surface area contributed by atoms with Crippen LogP contribution < -0.4 is 0 Å². The zero-order chi connectivity index (χ0) is 21.4. The van der Waals surface area contributed by atoms with Gasteiger partial charge >= 0.3 is 0 Å². The van der Waals surface area contributed by atoms with Gasteiger partial charge in [0.2, 0.25) is 0 Å². The quantitative estimate of drug-likeness (QED) is 0.677. The van der Waals surface area contributed by atoms with Gasteiger partial charge in [0.15, 0.2) is 0 Å². The van der Waals surface area contributed by atoms with Crippen molar-refractivity contribution in [2.75, 3.05) is 19.8 Å². The number of hydrogen-bond acceptors (Lipinski definition) is 5. The molecule has 160 valence electrons. The molecule has 2 atom stereocenters. The lowest BCUT2D eigenvalue weighted by Crippen LogP contribution is -2.53. The molecule has 0 aliphatic carbocycles. The van der Waals surface area contributed by atoms with Crippen LogP contribution in [0.2, 0.25) is 0 Å². The minimum Gasteiger partial charge on any atom is -0.389 e. The normalized spacial score (nSPS) is 21.2. The van der Waals surface area contributed by atoms with E-state index in [0.29, 0.717) is 26.2 Å². The highest BCUT2D eigenvalue weighted by Gasteiger charge is 2.35. The summed E-state index contributed by atoms with van der Waals surface area (Å²) in [7, 11) is 0. The summed E-state index contributed by atoms with van der Waals surface area (Å²) in [6, 6.07) is 12.6. The third-order valence-electron chi connectivity index (χ3n) is 6.44. The fourth-order valence-electron chi connectivity index (χ4n) is 4.67. The van der Waals surface area contributed by atoms with Gasteiger partial charge in [0.1, 0.15) is 0 Å². The highest BCUT2D eigenvalue weighted by atomic mass is 32.1. The third kappa shape index (κ3) is 4.03. The number of nitrogens with zero attached hydrogens (tertiary/aromatic N) is 2. The van der Waals surface area contributed by atoms with Gasteiger partial charge in [-0.05, 0) is 54.5 Å². The average molecular weight is 435 g/mol. The standard InChI is InChI=1S/C25H26N2O3S/c1-16-10-19-6-8-27(23-7-9-30-13-24(23)28)25(29)21(19)12-20(16)11-17-2-4-18(5-3-17)22-14-31-15-26-22/h2-5,10,12,14-15,23-24,28H,6-9,11,13H2,1H3/t23-,24-/m0/s1. The highest BCUT2D eigenvalue weighted by molar-refractivity contribution is 7.07. The van der Waals surface area contributed by atoms with Crippen molar-refractivity contribution in [3.05, 3.63) is 75.1 Å². The summed E-state index contributed by atoms with van der Waals surface area (Å²) in [6.45, 7) is 3.68. The van der Waals surface area contributed by atoms with Crippen molar-refractivity contribution < 1.29 is 14.6 Å². The number of aliphatic hydroxyl groups is 1. The minimum atomic E-state index is -0.611. The molecule has 0 radical (unpaired) electrons. The number of aromatic nitrogens is 1. The number of ether oxygens (including phenoxy) is 1. The molecule has 5 nitrogen and oxygen atoms in total. The van der Waals surface area contributed by atoms with Crippen molar-refractivity contribution in [1.29, 1.82) is 0 Å². The van der Waals surface area contributed by atoms with E-state index in [4.69, 9.17) is 4.74 Å². The molecule has 3 aromatic rings. The van der Waals surface area contributed by atoms with E-state index in [-0.39, 0.29) is 11.9 Å². The Bertz CT molecular complexity index is 1080. The first kappa shape index (κ1) is 20.4. The summed E-state index contributed by atoms with van der Waals surface area (Å²) >= 11 is 1.60. The molecule has 2 aliphatic heterocycles. The van der Waals surface area contributed by atoms with Crippen LogP contribution in [0.3, 0.4) is 0 Å². The maximum absolute atomic E-state index is 13.3. The van der Waals surface area contributed by atoms with Crippen LogP contribution in [-0.4, -0.2) is 52.8 Å². The van der Waals surface area contributed by atoms with E-state index in [0.717, 1.165) is 35.2 Å². The summed E-state index contributed by atoms with van der Waals surface area (Å²) in [6.07, 6.45) is 1.69. The van der Waals surface area contributed by atoms with E-state index in [2.05, 4.69) is 53.7 Å². The van der Waals surface area contributed by atoms with Gasteiger partial charge in [0.05, 0.1) is 30.0 Å². The zero-order valence-corrected chi connectivity index (χ0v) is 18.4. The van der Waals surface area contributed by atoms with Crippen molar-refractivity contribution in [1.82, 2.24) is 9.88 Å². The number of hydrogen-bond donors (Lipinski definition) is 1. The Labute approximate surface area is 186 Å². The first-order valence-electron chi connectivity index (χ1n) is 10.8. The van der Waals surface area contributed by atoms with Crippen LogP contribution in [0.5, 0.6) is 0 Å². The predicted molar refractivity (Wildman–Crippen MR) is 122 cm³/mol. The number of benzene rings is 2.